The number of hydrogen-bond donors (Lipinski definition) is 1. The van der Waals surface area contributed by atoms with Crippen molar-refractivity contribution in [1.82, 2.24) is 0 Å². The van der Waals surface area contributed by atoms with Crippen molar-refractivity contribution in [2.45, 2.75) is 20.0 Å². The molecule has 0 saturated heterocycles. The van der Waals surface area contributed by atoms with Gasteiger partial charge in [-0.15, -0.1) is 11.6 Å². The van der Waals surface area contributed by atoms with E-state index in [9.17, 15) is 5.11 Å². The third kappa shape index (κ3) is 1.99. The Morgan fingerprint density at radius 3 is 2.67 bits per heavy atom. The van der Waals surface area contributed by atoms with Crippen molar-refractivity contribution in [3.63, 3.8) is 0 Å². The molecule has 0 fully saturated rings. The van der Waals surface area contributed by atoms with Crippen LogP contribution in [0.25, 0.3) is 0 Å². The van der Waals surface area contributed by atoms with Crippen LogP contribution >= 0.6 is 11.6 Å². The first-order valence-electron chi connectivity index (χ1n) is 3.96. The summed E-state index contributed by atoms with van der Waals surface area (Å²) in [6, 6.07) is 6.00. The Balaban J connectivity index is 3.04. The second-order valence-corrected chi connectivity index (χ2v) is 3.34. The van der Waals surface area contributed by atoms with E-state index in [1.54, 1.807) is 0 Å². The molecule has 0 aliphatic rings. The lowest BCUT2D eigenvalue weighted by Crippen LogP contribution is -2.01. The molecule has 1 unspecified atom stereocenters. The molecule has 1 N–H and O–H groups in total. The van der Waals surface area contributed by atoms with Crippen molar-refractivity contribution in [3.05, 3.63) is 34.9 Å². The van der Waals surface area contributed by atoms with Crippen LogP contribution in [0.15, 0.2) is 18.2 Å². The summed E-state index contributed by atoms with van der Waals surface area (Å²) in [5, 5.41) is 9.50. The fourth-order valence-corrected chi connectivity index (χ4v) is 1.37. The number of hydrogen-bond acceptors (Lipinski definition) is 1. The summed E-state index contributed by atoms with van der Waals surface area (Å²) in [6.45, 7) is 3.98. The maximum absolute atomic E-state index is 9.50. The van der Waals surface area contributed by atoms with E-state index in [1.807, 2.05) is 32.0 Å². The number of benzene rings is 1. The molecule has 1 atom stereocenters. The summed E-state index contributed by atoms with van der Waals surface area (Å²) < 4.78 is 0. The first-order chi connectivity index (χ1) is 5.65. The second-order valence-electron chi connectivity index (χ2n) is 3.03. The highest BCUT2D eigenvalue weighted by Gasteiger charge is 2.08. The molecule has 66 valence electrons. The van der Waals surface area contributed by atoms with E-state index in [1.165, 1.54) is 0 Å². The van der Waals surface area contributed by atoms with Crippen LogP contribution < -0.4 is 0 Å². The van der Waals surface area contributed by atoms with Crippen LogP contribution in [0.1, 0.15) is 22.8 Å². The molecule has 0 aromatic heterocycles. The standard InChI is InChI=1S/C10H13ClO/c1-7-3-4-8(2)9(5-7)10(12)6-11/h3-5,10,12H,6H2,1-2H3. The van der Waals surface area contributed by atoms with Crippen molar-refractivity contribution in [1.29, 1.82) is 0 Å². The quantitative estimate of drug-likeness (QED) is 0.701. The van der Waals surface area contributed by atoms with Gasteiger partial charge in [-0.2, -0.15) is 0 Å². The number of aliphatic hydroxyl groups is 1. The zero-order valence-electron chi connectivity index (χ0n) is 7.34. The molecule has 0 saturated carbocycles. The number of rotatable bonds is 2. The van der Waals surface area contributed by atoms with Crippen LogP contribution in [0.2, 0.25) is 0 Å². The normalized spacial score (nSPS) is 13.0. The number of halogens is 1. The van der Waals surface area contributed by atoms with E-state index in [0.717, 1.165) is 16.7 Å². The van der Waals surface area contributed by atoms with Gasteiger partial charge in [-0.25, -0.2) is 0 Å². The molecule has 0 amide bonds. The highest BCUT2D eigenvalue weighted by molar-refractivity contribution is 6.18. The van der Waals surface area contributed by atoms with E-state index in [0.29, 0.717) is 0 Å². The fraction of sp³-hybridized carbons (Fsp3) is 0.400. The van der Waals surface area contributed by atoms with Gasteiger partial charge < -0.3 is 5.11 Å². The first-order valence-corrected chi connectivity index (χ1v) is 4.49. The number of aryl methyl sites for hydroxylation is 2. The van der Waals surface area contributed by atoms with Gasteiger partial charge in [0.25, 0.3) is 0 Å². The third-order valence-electron chi connectivity index (χ3n) is 1.94. The molecule has 12 heavy (non-hydrogen) atoms. The van der Waals surface area contributed by atoms with Gasteiger partial charge in [-0.1, -0.05) is 23.8 Å². The monoisotopic (exact) mass is 184 g/mol. The van der Waals surface area contributed by atoms with Gasteiger partial charge in [0.1, 0.15) is 0 Å². The lowest BCUT2D eigenvalue weighted by molar-refractivity contribution is 0.202. The van der Waals surface area contributed by atoms with Gasteiger partial charge in [0.2, 0.25) is 0 Å². The van der Waals surface area contributed by atoms with Gasteiger partial charge in [-0.05, 0) is 25.0 Å². The zero-order valence-corrected chi connectivity index (χ0v) is 8.10. The lowest BCUT2D eigenvalue weighted by atomic mass is 10.0. The van der Waals surface area contributed by atoms with Crippen molar-refractivity contribution in [3.8, 4) is 0 Å². The van der Waals surface area contributed by atoms with Gasteiger partial charge in [-0.3, -0.25) is 0 Å². The topological polar surface area (TPSA) is 20.2 Å². The summed E-state index contributed by atoms with van der Waals surface area (Å²) in [5.74, 6) is 0.254. The summed E-state index contributed by atoms with van der Waals surface area (Å²) >= 11 is 5.56. The molecular formula is C10H13ClO. The molecule has 0 heterocycles. The molecule has 0 radical (unpaired) electrons. The maximum Gasteiger partial charge on any atom is 0.0927 e. The smallest absolute Gasteiger partial charge is 0.0927 e. The van der Waals surface area contributed by atoms with Crippen LogP contribution in [-0.4, -0.2) is 11.0 Å². The summed E-state index contributed by atoms with van der Waals surface area (Å²) in [6.07, 6.45) is -0.536. The van der Waals surface area contributed by atoms with E-state index in [4.69, 9.17) is 11.6 Å². The Labute approximate surface area is 78.0 Å². The zero-order chi connectivity index (χ0) is 9.14. The Hall–Kier alpha value is -0.530. The minimum atomic E-state index is -0.536. The molecule has 0 bridgehead atoms. The maximum atomic E-state index is 9.50. The van der Waals surface area contributed by atoms with Crippen LogP contribution in [0.3, 0.4) is 0 Å². The largest absolute Gasteiger partial charge is 0.387 e. The Morgan fingerprint density at radius 2 is 2.08 bits per heavy atom. The molecule has 0 spiro atoms. The molecule has 2 heteroatoms. The molecule has 0 aliphatic carbocycles. The fourth-order valence-electron chi connectivity index (χ4n) is 1.20. The molecule has 1 nitrogen and oxygen atoms in total. The van der Waals surface area contributed by atoms with Gasteiger partial charge in [0, 0.05) is 0 Å². The highest BCUT2D eigenvalue weighted by atomic mass is 35.5. The Kier molecular flexibility index (Phi) is 3.12. The highest BCUT2D eigenvalue weighted by Crippen LogP contribution is 2.19. The Bertz CT molecular complexity index is 271. The number of aliphatic hydroxyl groups excluding tert-OH is 1. The van der Waals surface area contributed by atoms with Crippen LogP contribution in [0.4, 0.5) is 0 Å². The summed E-state index contributed by atoms with van der Waals surface area (Å²) in [5.41, 5.74) is 3.18. The average Bonchev–Trinajstić information content (AvgIpc) is 2.08. The lowest BCUT2D eigenvalue weighted by Gasteiger charge is -2.11. The first kappa shape index (κ1) is 9.56. The van der Waals surface area contributed by atoms with E-state index in [2.05, 4.69) is 0 Å². The predicted octanol–water partition coefficient (Wildman–Crippen LogP) is 2.58. The minimum absolute atomic E-state index is 0.254. The van der Waals surface area contributed by atoms with E-state index < -0.39 is 6.10 Å². The molecule has 1 aromatic rings. The molecule has 1 rings (SSSR count). The molecular weight excluding hydrogens is 172 g/mol. The summed E-state index contributed by atoms with van der Waals surface area (Å²) in [4.78, 5) is 0. The van der Waals surface area contributed by atoms with Crippen molar-refractivity contribution < 1.29 is 5.11 Å². The van der Waals surface area contributed by atoms with E-state index in [-0.39, 0.29) is 5.88 Å². The van der Waals surface area contributed by atoms with Crippen molar-refractivity contribution >= 4 is 11.6 Å². The third-order valence-corrected chi connectivity index (χ3v) is 2.23. The Morgan fingerprint density at radius 1 is 1.42 bits per heavy atom. The van der Waals surface area contributed by atoms with Gasteiger partial charge >= 0.3 is 0 Å². The van der Waals surface area contributed by atoms with Crippen LogP contribution in [0, 0.1) is 13.8 Å². The van der Waals surface area contributed by atoms with E-state index >= 15 is 0 Å². The van der Waals surface area contributed by atoms with Gasteiger partial charge in [0.05, 0.1) is 12.0 Å². The van der Waals surface area contributed by atoms with Crippen LogP contribution in [-0.2, 0) is 0 Å². The van der Waals surface area contributed by atoms with Crippen molar-refractivity contribution in [2.75, 3.05) is 5.88 Å². The SMILES string of the molecule is Cc1ccc(C)c(C(O)CCl)c1. The van der Waals surface area contributed by atoms with Crippen LogP contribution in [0.5, 0.6) is 0 Å². The predicted molar refractivity (Wildman–Crippen MR) is 51.6 cm³/mol. The summed E-state index contributed by atoms with van der Waals surface area (Å²) in [7, 11) is 0. The number of alkyl halides is 1. The van der Waals surface area contributed by atoms with Gasteiger partial charge in [0.15, 0.2) is 0 Å². The minimum Gasteiger partial charge on any atom is -0.387 e. The molecule has 0 aliphatic heterocycles. The second kappa shape index (κ2) is 3.92. The average molecular weight is 185 g/mol. The molecule has 1 aromatic carbocycles. The van der Waals surface area contributed by atoms with Crippen molar-refractivity contribution in [2.24, 2.45) is 0 Å².